The number of rotatable bonds is 6. The fourth-order valence-electron chi connectivity index (χ4n) is 1.17. The first-order valence-electron chi connectivity index (χ1n) is 5.40. The van der Waals surface area contributed by atoms with Gasteiger partial charge in [-0.05, 0) is 17.4 Å². The van der Waals surface area contributed by atoms with Crippen molar-refractivity contribution in [2.45, 2.75) is 30.6 Å². The van der Waals surface area contributed by atoms with Gasteiger partial charge in [-0.3, -0.25) is 4.79 Å². The molecule has 0 aliphatic rings. The van der Waals surface area contributed by atoms with E-state index in [1.54, 1.807) is 5.38 Å². The van der Waals surface area contributed by atoms with Crippen LogP contribution in [-0.2, 0) is 0 Å². The van der Waals surface area contributed by atoms with Crippen LogP contribution in [0.25, 0.3) is 0 Å². The Kier molecular flexibility index (Phi) is 6.04. The van der Waals surface area contributed by atoms with Gasteiger partial charge in [0.2, 0.25) is 0 Å². The zero-order chi connectivity index (χ0) is 13.7. The summed E-state index contributed by atoms with van der Waals surface area (Å²) in [7, 11) is 0. The monoisotopic (exact) mass is 295 g/mol. The van der Waals surface area contributed by atoms with Gasteiger partial charge in [0.25, 0.3) is 11.7 Å². The number of aliphatic hydroxyl groups is 1. The van der Waals surface area contributed by atoms with Gasteiger partial charge in [-0.15, -0.1) is 11.3 Å². The molecule has 1 heterocycles. The Morgan fingerprint density at radius 1 is 1.56 bits per heavy atom. The van der Waals surface area contributed by atoms with Crippen molar-refractivity contribution in [1.29, 1.82) is 0 Å². The van der Waals surface area contributed by atoms with Gasteiger partial charge < -0.3 is 10.4 Å². The first-order chi connectivity index (χ1) is 8.41. The Labute approximate surface area is 113 Å². The summed E-state index contributed by atoms with van der Waals surface area (Å²) < 4.78 is 24.5. The quantitative estimate of drug-likeness (QED) is 0.793. The minimum absolute atomic E-state index is 0.0311. The van der Waals surface area contributed by atoms with Gasteiger partial charge >= 0.3 is 0 Å². The minimum Gasteiger partial charge on any atom is -0.391 e. The number of amides is 1. The van der Waals surface area contributed by atoms with Gasteiger partial charge in [0.1, 0.15) is 4.88 Å². The van der Waals surface area contributed by atoms with Crippen molar-refractivity contribution in [1.82, 2.24) is 5.32 Å². The van der Waals surface area contributed by atoms with E-state index in [0.717, 1.165) is 11.3 Å². The Balaban J connectivity index is 2.59. The highest BCUT2D eigenvalue weighted by atomic mass is 32.2. The van der Waals surface area contributed by atoms with Crippen LogP contribution in [0.1, 0.15) is 23.5 Å². The van der Waals surface area contributed by atoms with E-state index < -0.39 is 17.8 Å². The molecule has 0 bridgehead atoms. The molecule has 18 heavy (non-hydrogen) atoms. The van der Waals surface area contributed by atoms with E-state index in [-0.39, 0.29) is 22.2 Å². The molecule has 1 atom stereocenters. The minimum atomic E-state index is -2.55. The average molecular weight is 295 g/mol. The second-order valence-electron chi connectivity index (χ2n) is 4.01. The highest BCUT2D eigenvalue weighted by molar-refractivity contribution is 7.99. The molecule has 0 aliphatic heterocycles. The van der Waals surface area contributed by atoms with Crippen LogP contribution in [0, 0.1) is 5.92 Å². The van der Waals surface area contributed by atoms with E-state index in [4.69, 9.17) is 0 Å². The lowest BCUT2D eigenvalue weighted by molar-refractivity contribution is 0.0873. The number of alkyl halides is 2. The maximum Gasteiger partial charge on any atom is 0.288 e. The van der Waals surface area contributed by atoms with Gasteiger partial charge in [0.15, 0.2) is 0 Å². The normalized spacial score (nSPS) is 13.1. The van der Waals surface area contributed by atoms with Gasteiger partial charge in [0.05, 0.1) is 6.10 Å². The summed E-state index contributed by atoms with van der Waals surface area (Å²) in [6.45, 7) is 3.78. The highest BCUT2D eigenvalue weighted by Crippen LogP contribution is 2.31. The molecular weight excluding hydrogens is 280 g/mol. The van der Waals surface area contributed by atoms with Crippen molar-refractivity contribution >= 4 is 29.0 Å². The van der Waals surface area contributed by atoms with Gasteiger partial charge in [0, 0.05) is 11.4 Å². The summed E-state index contributed by atoms with van der Waals surface area (Å²) in [4.78, 5) is 12.3. The molecule has 1 aromatic heterocycles. The molecule has 7 heteroatoms. The molecular formula is C11H15F2NO2S2. The van der Waals surface area contributed by atoms with E-state index >= 15 is 0 Å². The summed E-state index contributed by atoms with van der Waals surface area (Å²) in [5.74, 6) is -2.94. The number of hydrogen-bond donors (Lipinski definition) is 2. The Bertz CT molecular complexity index is 396. The van der Waals surface area contributed by atoms with Crippen molar-refractivity contribution in [3.8, 4) is 0 Å². The van der Waals surface area contributed by atoms with Crippen LogP contribution in [0.15, 0.2) is 16.3 Å². The van der Waals surface area contributed by atoms with E-state index in [1.165, 1.54) is 6.07 Å². The largest absolute Gasteiger partial charge is 0.391 e. The highest BCUT2D eigenvalue weighted by Gasteiger charge is 2.18. The second kappa shape index (κ2) is 7.06. The molecule has 0 saturated heterocycles. The van der Waals surface area contributed by atoms with Crippen molar-refractivity contribution in [3.63, 3.8) is 0 Å². The maximum atomic E-state index is 12.3. The van der Waals surface area contributed by atoms with Crippen LogP contribution in [0.2, 0.25) is 0 Å². The van der Waals surface area contributed by atoms with Crippen molar-refractivity contribution in [2.24, 2.45) is 5.92 Å². The Hall–Kier alpha value is -0.660. The molecule has 0 aromatic carbocycles. The zero-order valence-corrected chi connectivity index (χ0v) is 11.7. The van der Waals surface area contributed by atoms with Crippen LogP contribution in [-0.4, -0.2) is 29.4 Å². The predicted molar refractivity (Wildman–Crippen MR) is 69.4 cm³/mol. The summed E-state index contributed by atoms with van der Waals surface area (Å²) in [5, 5.41) is 13.7. The maximum absolute atomic E-state index is 12.3. The predicted octanol–water partition coefficient (Wildman–Crippen LogP) is 2.81. The third-order valence-corrected chi connectivity index (χ3v) is 4.11. The second-order valence-corrected chi connectivity index (χ2v) is 5.96. The number of halogens is 2. The molecule has 1 aromatic rings. The smallest absolute Gasteiger partial charge is 0.288 e. The SMILES string of the molecule is CC(C)C(O)CNC(=O)c1sccc1SC(F)F. The van der Waals surface area contributed by atoms with Crippen molar-refractivity contribution < 1.29 is 18.7 Å². The number of thioether (sulfide) groups is 1. The van der Waals surface area contributed by atoms with E-state index in [2.05, 4.69) is 5.32 Å². The van der Waals surface area contributed by atoms with E-state index in [0.29, 0.717) is 11.8 Å². The lowest BCUT2D eigenvalue weighted by Crippen LogP contribution is -2.34. The van der Waals surface area contributed by atoms with Crippen LogP contribution in [0.5, 0.6) is 0 Å². The number of thiophene rings is 1. The molecule has 102 valence electrons. The van der Waals surface area contributed by atoms with Crippen LogP contribution >= 0.6 is 23.1 Å². The molecule has 0 saturated carbocycles. The fraction of sp³-hybridized carbons (Fsp3) is 0.545. The lowest BCUT2D eigenvalue weighted by atomic mass is 10.1. The Morgan fingerprint density at radius 2 is 2.22 bits per heavy atom. The molecule has 1 amide bonds. The third-order valence-electron chi connectivity index (χ3n) is 2.29. The van der Waals surface area contributed by atoms with Crippen LogP contribution in [0.3, 0.4) is 0 Å². The zero-order valence-electron chi connectivity index (χ0n) is 10.0. The molecule has 0 aliphatic carbocycles. The van der Waals surface area contributed by atoms with E-state index in [9.17, 15) is 18.7 Å². The number of aliphatic hydroxyl groups excluding tert-OH is 1. The third kappa shape index (κ3) is 4.55. The number of carbonyl (C=O) groups is 1. The van der Waals surface area contributed by atoms with E-state index in [1.807, 2.05) is 13.8 Å². The van der Waals surface area contributed by atoms with Crippen LogP contribution < -0.4 is 5.32 Å². The lowest BCUT2D eigenvalue weighted by Gasteiger charge is -2.14. The Morgan fingerprint density at radius 3 is 2.78 bits per heavy atom. The molecule has 0 radical (unpaired) electrons. The van der Waals surface area contributed by atoms with Gasteiger partial charge in [-0.25, -0.2) is 0 Å². The van der Waals surface area contributed by atoms with Gasteiger partial charge in [-0.1, -0.05) is 25.6 Å². The number of carbonyl (C=O) groups excluding carboxylic acids is 1. The van der Waals surface area contributed by atoms with Crippen molar-refractivity contribution in [3.05, 3.63) is 16.3 Å². The fourth-order valence-corrected chi connectivity index (χ4v) is 2.78. The summed E-state index contributed by atoms with van der Waals surface area (Å²) in [5.41, 5.74) is 0. The molecule has 3 nitrogen and oxygen atoms in total. The molecule has 1 rings (SSSR count). The molecule has 1 unspecified atom stereocenters. The van der Waals surface area contributed by atoms with Crippen molar-refractivity contribution in [2.75, 3.05) is 6.54 Å². The molecule has 2 N–H and O–H groups in total. The first kappa shape index (κ1) is 15.4. The number of nitrogens with one attached hydrogen (secondary N) is 1. The van der Waals surface area contributed by atoms with Gasteiger partial charge in [-0.2, -0.15) is 8.78 Å². The summed E-state index contributed by atoms with van der Waals surface area (Å²) in [6, 6.07) is 1.50. The summed E-state index contributed by atoms with van der Waals surface area (Å²) in [6.07, 6.45) is -0.639. The standard InChI is InChI=1S/C11H15F2NO2S2/c1-6(2)7(15)5-14-10(16)9-8(3-4-17-9)18-11(12)13/h3-4,6-7,11,15H,5H2,1-2H3,(H,14,16). The molecule has 0 spiro atoms. The molecule has 0 fully saturated rings. The summed E-state index contributed by atoms with van der Waals surface area (Å²) >= 11 is 1.47. The average Bonchev–Trinajstić information content (AvgIpc) is 2.72. The van der Waals surface area contributed by atoms with Crippen LogP contribution in [0.4, 0.5) is 8.78 Å². The first-order valence-corrected chi connectivity index (χ1v) is 7.16. The topological polar surface area (TPSA) is 49.3 Å². The number of hydrogen-bond acceptors (Lipinski definition) is 4.